The van der Waals surface area contributed by atoms with Gasteiger partial charge in [0.1, 0.15) is 17.3 Å². The number of nitrogens with zero attached hydrogens (tertiary/aromatic N) is 4. The number of aromatic nitrogens is 2. The van der Waals surface area contributed by atoms with Crippen molar-refractivity contribution in [2.45, 2.75) is 59.3 Å². The van der Waals surface area contributed by atoms with Crippen molar-refractivity contribution in [2.75, 3.05) is 26.2 Å². The van der Waals surface area contributed by atoms with Crippen molar-refractivity contribution >= 4 is 11.0 Å². The smallest absolute Gasteiger partial charge is 0.124 e. The molecule has 1 fully saturated rings. The fourth-order valence-corrected chi connectivity index (χ4v) is 4.59. The molecule has 3 aromatic rings. The Balaban J connectivity index is 1.48. The predicted molar refractivity (Wildman–Crippen MR) is 124 cm³/mol. The Bertz CT molecular complexity index is 977. The maximum atomic E-state index is 9.66. The van der Waals surface area contributed by atoms with Gasteiger partial charge >= 0.3 is 0 Å². The summed E-state index contributed by atoms with van der Waals surface area (Å²) in [6, 6.07) is 12.9. The Labute approximate surface area is 185 Å². The summed E-state index contributed by atoms with van der Waals surface area (Å²) in [5.41, 5.74) is 2.32. The van der Waals surface area contributed by atoms with Crippen molar-refractivity contribution in [2.24, 2.45) is 5.92 Å². The van der Waals surface area contributed by atoms with Gasteiger partial charge in [-0.25, -0.2) is 4.98 Å². The number of aryl methyl sites for hydroxylation is 2. The van der Waals surface area contributed by atoms with Crippen LogP contribution < -0.4 is 0 Å². The Morgan fingerprint density at radius 3 is 2.71 bits per heavy atom. The zero-order valence-corrected chi connectivity index (χ0v) is 19.1. The lowest BCUT2D eigenvalue weighted by atomic mass is 10.1. The standard InChI is InChI=1S/C25H36N4O2/c1-19(2)10-12-29-24-7-5-4-6-23(24)26-25(29)18-27-13-14-28(21(16-27)11-15-30)17-22-9-8-20(3)31-22/h4-9,19,21,30H,10-18H2,1-3H3/t21-/m1/s1. The van der Waals surface area contributed by atoms with Gasteiger partial charge in [0.05, 0.1) is 24.1 Å². The number of hydrogen-bond donors (Lipinski definition) is 1. The van der Waals surface area contributed by atoms with E-state index in [0.717, 1.165) is 75.0 Å². The monoisotopic (exact) mass is 424 g/mol. The normalized spacial score (nSPS) is 18.4. The fraction of sp³-hybridized carbons (Fsp3) is 0.560. The zero-order valence-electron chi connectivity index (χ0n) is 19.1. The Morgan fingerprint density at radius 2 is 1.97 bits per heavy atom. The number of aliphatic hydroxyl groups excluding tert-OH is 1. The third-order valence-electron chi connectivity index (χ3n) is 6.33. The molecule has 0 unspecified atom stereocenters. The first kappa shape index (κ1) is 22.1. The molecule has 6 nitrogen and oxygen atoms in total. The van der Waals surface area contributed by atoms with Gasteiger partial charge in [-0.3, -0.25) is 9.80 Å². The number of hydrogen-bond acceptors (Lipinski definition) is 5. The summed E-state index contributed by atoms with van der Waals surface area (Å²) in [7, 11) is 0. The number of piperazine rings is 1. The van der Waals surface area contributed by atoms with E-state index >= 15 is 0 Å². The molecule has 6 heteroatoms. The van der Waals surface area contributed by atoms with Crippen LogP contribution in [0.2, 0.25) is 0 Å². The predicted octanol–water partition coefficient (Wildman–Crippen LogP) is 4.05. The highest BCUT2D eigenvalue weighted by molar-refractivity contribution is 5.75. The largest absolute Gasteiger partial charge is 0.465 e. The number of fused-ring (bicyclic) bond motifs is 1. The molecule has 0 amide bonds. The molecule has 1 saturated heterocycles. The molecule has 0 radical (unpaired) electrons. The van der Waals surface area contributed by atoms with E-state index in [9.17, 15) is 5.11 Å². The molecule has 3 heterocycles. The number of imidazole rings is 1. The summed E-state index contributed by atoms with van der Waals surface area (Å²) < 4.78 is 8.21. The topological polar surface area (TPSA) is 57.7 Å². The van der Waals surface area contributed by atoms with Gasteiger partial charge in [0.15, 0.2) is 0 Å². The van der Waals surface area contributed by atoms with E-state index in [1.165, 1.54) is 5.52 Å². The average Bonchev–Trinajstić information content (AvgIpc) is 3.31. The Morgan fingerprint density at radius 1 is 1.13 bits per heavy atom. The van der Waals surface area contributed by atoms with E-state index in [1.807, 2.05) is 13.0 Å². The molecule has 1 N–H and O–H groups in total. The van der Waals surface area contributed by atoms with Crippen molar-refractivity contribution in [3.05, 3.63) is 53.7 Å². The fourth-order valence-electron chi connectivity index (χ4n) is 4.59. The second-order valence-electron chi connectivity index (χ2n) is 9.23. The maximum absolute atomic E-state index is 9.66. The van der Waals surface area contributed by atoms with Gasteiger partial charge in [0.2, 0.25) is 0 Å². The van der Waals surface area contributed by atoms with Crippen molar-refractivity contribution in [3.8, 4) is 0 Å². The summed E-state index contributed by atoms with van der Waals surface area (Å²) in [5, 5.41) is 9.66. The van der Waals surface area contributed by atoms with Crippen molar-refractivity contribution in [3.63, 3.8) is 0 Å². The Hall–Kier alpha value is -2.15. The van der Waals surface area contributed by atoms with Crippen LogP contribution in [0.4, 0.5) is 0 Å². The van der Waals surface area contributed by atoms with E-state index in [2.05, 4.69) is 58.5 Å². The van der Waals surface area contributed by atoms with Gasteiger partial charge in [-0.2, -0.15) is 0 Å². The van der Waals surface area contributed by atoms with Crippen molar-refractivity contribution in [1.29, 1.82) is 0 Å². The van der Waals surface area contributed by atoms with Crippen LogP contribution >= 0.6 is 0 Å². The molecule has 0 spiro atoms. The summed E-state index contributed by atoms with van der Waals surface area (Å²) in [6.07, 6.45) is 1.93. The molecule has 0 aliphatic carbocycles. The second kappa shape index (κ2) is 9.98. The molecule has 2 aromatic heterocycles. The zero-order chi connectivity index (χ0) is 21.8. The summed E-state index contributed by atoms with van der Waals surface area (Å²) in [6.45, 7) is 12.3. The van der Waals surface area contributed by atoms with Crippen LogP contribution in [0.15, 0.2) is 40.8 Å². The minimum Gasteiger partial charge on any atom is -0.465 e. The number of para-hydroxylation sites is 2. The highest BCUT2D eigenvalue weighted by Crippen LogP contribution is 2.22. The number of aliphatic hydroxyl groups is 1. The lowest BCUT2D eigenvalue weighted by Gasteiger charge is -2.41. The van der Waals surface area contributed by atoms with Gasteiger partial charge in [-0.15, -0.1) is 0 Å². The highest BCUT2D eigenvalue weighted by Gasteiger charge is 2.28. The maximum Gasteiger partial charge on any atom is 0.124 e. The highest BCUT2D eigenvalue weighted by atomic mass is 16.3. The van der Waals surface area contributed by atoms with E-state index in [1.54, 1.807) is 0 Å². The van der Waals surface area contributed by atoms with Crippen LogP contribution in [-0.2, 0) is 19.6 Å². The molecule has 1 aromatic carbocycles. The first-order valence-electron chi connectivity index (χ1n) is 11.6. The average molecular weight is 425 g/mol. The van der Waals surface area contributed by atoms with Crippen molar-refractivity contribution in [1.82, 2.24) is 19.4 Å². The lowest BCUT2D eigenvalue weighted by Crippen LogP contribution is -2.52. The molecule has 1 aliphatic rings. The number of benzene rings is 1. The number of furan rings is 1. The third kappa shape index (κ3) is 5.37. The van der Waals surface area contributed by atoms with Crippen LogP contribution in [0.3, 0.4) is 0 Å². The minimum absolute atomic E-state index is 0.207. The minimum atomic E-state index is 0.207. The SMILES string of the molecule is Cc1ccc(CN2CCN(Cc3nc4ccccc4n3CCC(C)C)C[C@H]2CCO)o1. The van der Waals surface area contributed by atoms with E-state index in [-0.39, 0.29) is 6.61 Å². The summed E-state index contributed by atoms with van der Waals surface area (Å²) in [4.78, 5) is 9.94. The summed E-state index contributed by atoms with van der Waals surface area (Å²) in [5.74, 6) is 3.77. The van der Waals surface area contributed by atoms with Gasteiger partial charge in [0, 0.05) is 38.8 Å². The van der Waals surface area contributed by atoms with Gasteiger partial charge in [-0.1, -0.05) is 26.0 Å². The van der Waals surface area contributed by atoms with Crippen LogP contribution in [0.1, 0.15) is 44.0 Å². The van der Waals surface area contributed by atoms with E-state index in [0.29, 0.717) is 12.0 Å². The van der Waals surface area contributed by atoms with Gasteiger partial charge in [0.25, 0.3) is 0 Å². The van der Waals surface area contributed by atoms with Crippen LogP contribution in [0, 0.1) is 12.8 Å². The molecule has 31 heavy (non-hydrogen) atoms. The van der Waals surface area contributed by atoms with Crippen LogP contribution in [0.25, 0.3) is 11.0 Å². The van der Waals surface area contributed by atoms with Crippen molar-refractivity contribution < 1.29 is 9.52 Å². The first-order chi connectivity index (χ1) is 15.0. The quantitative estimate of drug-likeness (QED) is 0.562. The molecule has 1 atom stereocenters. The molecular formula is C25H36N4O2. The molecular weight excluding hydrogens is 388 g/mol. The lowest BCUT2D eigenvalue weighted by molar-refractivity contribution is 0.0438. The number of rotatable bonds is 9. The van der Waals surface area contributed by atoms with Gasteiger partial charge < -0.3 is 14.1 Å². The van der Waals surface area contributed by atoms with Crippen LogP contribution in [0.5, 0.6) is 0 Å². The molecule has 168 valence electrons. The van der Waals surface area contributed by atoms with Crippen LogP contribution in [-0.4, -0.2) is 56.7 Å². The Kier molecular flexibility index (Phi) is 7.10. The molecule has 0 saturated carbocycles. The molecule has 0 bridgehead atoms. The second-order valence-corrected chi connectivity index (χ2v) is 9.23. The van der Waals surface area contributed by atoms with E-state index < -0.39 is 0 Å². The molecule has 1 aliphatic heterocycles. The third-order valence-corrected chi connectivity index (χ3v) is 6.33. The van der Waals surface area contributed by atoms with Gasteiger partial charge in [-0.05, 0) is 49.9 Å². The molecule has 4 rings (SSSR count). The van der Waals surface area contributed by atoms with E-state index in [4.69, 9.17) is 9.40 Å². The first-order valence-corrected chi connectivity index (χ1v) is 11.6. The summed E-state index contributed by atoms with van der Waals surface area (Å²) >= 11 is 0.